The average molecular weight is 293 g/mol. The van der Waals surface area contributed by atoms with Gasteiger partial charge in [0.25, 0.3) is 0 Å². The molecule has 1 fully saturated rings. The maximum absolute atomic E-state index is 9.28. The van der Waals surface area contributed by atoms with Crippen LogP contribution in [0.1, 0.15) is 38.2 Å². The van der Waals surface area contributed by atoms with Crippen molar-refractivity contribution >= 4 is 21.6 Å². The SMILES string of the molecule is CCN(c1cccc(Br)c1C#N)C1CCCC1. The summed E-state index contributed by atoms with van der Waals surface area (Å²) in [5.74, 6) is 0. The highest BCUT2D eigenvalue weighted by Crippen LogP contribution is 2.32. The molecule has 0 heterocycles. The van der Waals surface area contributed by atoms with Crippen LogP contribution in [0.2, 0.25) is 0 Å². The Kier molecular flexibility index (Phi) is 4.06. The van der Waals surface area contributed by atoms with E-state index in [1.165, 1.54) is 25.7 Å². The van der Waals surface area contributed by atoms with Crippen molar-refractivity contribution in [3.8, 4) is 6.07 Å². The highest BCUT2D eigenvalue weighted by atomic mass is 79.9. The number of benzene rings is 1. The van der Waals surface area contributed by atoms with Crippen molar-refractivity contribution in [3.63, 3.8) is 0 Å². The highest BCUT2D eigenvalue weighted by molar-refractivity contribution is 9.10. The molecule has 0 radical (unpaired) electrons. The number of hydrogen-bond donors (Lipinski definition) is 0. The fourth-order valence-electron chi connectivity index (χ4n) is 2.70. The van der Waals surface area contributed by atoms with Gasteiger partial charge in [-0.05, 0) is 47.8 Å². The maximum atomic E-state index is 9.28. The van der Waals surface area contributed by atoms with E-state index in [-0.39, 0.29) is 0 Å². The predicted molar refractivity (Wildman–Crippen MR) is 74.1 cm³/mol. The minimum atomic E-state index is 0.612. The fraction of sp³-hybridized carbons (Fsp3) is 0.500. The summed E-state index contributed by atoms with van der Waals surface area (Å²) < 4.78 is 0.897. The molecule has 0 spiro atoms. The molecule has 1 saturated carbocycles. The van der Waals surface area contributed by atoms with Crippen molar-refractivity contribution in [2.75, 3.05) is 11.4 Å². The molecule has 0 N–H and O–H groups in total. The Hall–Kier alpha value is -1.01. The molecular weight excluding hydrogens is 276 g/mol. The van der Waals surface area contributed by atoms with E-state index in [1.807, 2.05) is 12.1 Å². The van der Waals surface area contributed by atoms with Crippen molar-refractivity contribution in [2.45, 2.75) is 38.6 Å². The summed E-state index contributed by atoms with van der Waals surface area (Å²) >= 11 is 3.46. The molecular formula is C14H17BrN2. The lowest BCUT2D eigenvalue weighted by atomic mass is 10.1. The molecule has 1 aromatic carbocycles. The van der Waals surface area contributed by atoms with Gasteiger partial charge in [0, 0.05) is 17.1 Å². The van der Waals surface area contributed by atoms with Gasteiger partial charge in [-0.1, -0.05) is 18.9 Å². The van der Waals surface area contributed by atoms with E-state index in [0.717, 1.165) is 22.3 Å². The quantitative estimate of drug-likeness (QED) is 0.839. The van der Waals surface area contributed by atoms with Gasteiger partial charge in [0.15, 0.2) is 0 Å². The Morgan fingerprint density at radius 1 is 1.41 bits per heavy atom. The second-order valence-electron chi connectivity index (χ2n) is 4.47. The van der Waals surface area contributed by atoms with E-state index in [0.29, 0.717) is 6.04 Å². The van der Waals surface area contributed by atoms with Gasteiger partial charge in [-0.3, -0.25) is 0 Å². The molecule has 0 aromatic heterocycles. The maximum Gasteiger partial charge on any atom is 0.103 e. The van der Waals surface area contributed by atoms with Crippen molar-refractivity contribution in [1.29, 1.82) is 5.26 Å². The standard InChI is InChI=1S/C14H17BrN2/c1-2-17(11-6-3-4-7-11)14-9-5-8-13(15)12(14)10-16/h5,8-9,11H,2-4,6-7H2,1H3. The van der Waals surface area contributed by atoms with Crippen LogP contribution in [0.4, 0.5) is 5.69 Å². The number of halogens is 1. The minimum Gasteiger partial charge on any atom is -0.368 e. The second kappa shape index (κ2) is 5.55. The third-order valence-corrected chi connectivity index (χ3v) is 4.18. The first-order chi connectivity index (χ1) is 8.27. The van der Waals surface area contributed by atoms with Gasteiger partial charge in [-0.25, -0.2) is 0 Å². The first-order valence-corrected chi connectivity index (χ1v) is 7.02. The van der Waals surface area contributed by atoms with Crippen LogP contribution in [0.25, 0.3) is 0 Å². The molecule has 2 nitrogen and oxygen atoms in total. The molecule has 3 heteroatoms. The first kappa shape index (κ1) is 12.4. The predicted octanol–water partition coefficient (Wildman–Crippen LogP) is 4.09. The van der Waals surface area contributed by atoms with Crippen LogP contribution in [0.15, 0.2) is 22.7 Å². The van der Waals surface area contributed by atoms with Crippen LogP contribution in [-0.2, 0) is 0 Å². The Labute approximate surface area is 111 Å². The van der Waals surface area contributed by atoms with E-state index in [1.54, 1.807) is 0 Å². The lowest BCUT2D eigenvalue weighted by molar-refractivity contribution is 0.619. The topological polar surface area (TPSA) is 27.0 Å². The Morgan fingerprint density at radius 2 is 2.12 bits per heavy atom. The molecule has 2 rings (SSSR count). The van der Waals surface area contributed by atoms with Crippen LogP contribution in [-0.4, -0.2) is 12.6 Å². The van der Waals surface area contributed by atoms with E-state index in [2.05, 4.69) is 39.9 Å². The molecule has 1 aliphatic rings. The monoisotopic (exact) mass is 292 g/mol. The van der Waals surface area contributed by atoms with Gasteiger partial charge in [-0.2, -0.15) is 5.26 Å². The largest absolute Gasteiger partial charge is 0.368 e. The summed E-state index contributed by atoms with van der Waals surface area (Å²) in [6.07, 6.45) is 5.14. The van der Waals surface area contributed by atoms with Crippen LogP contribution in [0.5, 0.6) is 0 Å². The van der Waals surface area contributed by atoms with Crippen LogP contribution >= 0.6 is 15.9 Å². The summed E-state index contributed by atoms with van der Waals surface area (Å²) in [6.45, 7) is 3.14. The van der Waals surface area contributed by atoms with Gasteiger partial charge < -0.3 is 4.90 Å². The van der Waals surface area contributed by atoms with E-state index >= 15 is 0 Å². The normalized spacial score (nSPS) is 15.8. The number of nitrogens with zero attached hydrogens (tertiary/aromatic N) is 2. The van der Waals surface area contributed by atoms with Crippen LogP contribution in [0.3, 0.4) is 0 Å². The van der Waals surface area contributed by atoms with Crippen molar-refractivity contribution in [2.24, 2.45) is 0 Å². The Bertz CT molecular complexity index is 430. The zero-order valence-electron chi connectivity index (χ0n) is 10.1. The second-order valence-corrected chi connectivity index (χ2v) is 5.32. The van der Waals surface area contributed by atoms with Gasteiger partial charge in [0.05, 0.1) is 11.3 Å². The molecule has 0 aliphatic heterocycles. The number of hydrogen-bond acceptors (Lipinski definition) is 2. The minimum absolute atomic E-state index is 0.612. The number of nitriles is 1. The molecule has 17 heavy (non-hydrogen) atoms. The summed E-state index contributed by atoms with van der Waals surface area (Å²) in [6, 6.07) is 8.93. The third kappa shape index (κ3) is 2.47. The Morgan fingerprint density at radius 3 is 2.71 bits per heavy atom. The zero-order chi connectivity index (χ0) is 12.3. The Balaban J connectivity index is 2.37. The van der Waals surface area contributed by atoms with Crippen molar-refractivity contribution in [1.82, 2.24) is 0 Å². The first-order valence-electron chi connectivity index (χ1n) is 6.23. The van der Waals surface area contributed by atoms with Gasteiger partial charge >= 0.3 is 0 Å². The summed E-state index contributed by atoms with van der Waals surface area (Å²) in [4.78, 5) is 2.39. The molecule has 0 bridgehead atoms. The number of rotatable bonds is 3. The summed E-state index contributed by atoms with van der Waals surface area (Å²) in [5, 5.41) is 9.28. The number of anilines is 1. The highest BCUT2D eigenvalue weighted by Gasteiger charge is 2.23. The molecule has 0 amide bonds. The van der Waals surface area contributed by atoms with Crippen LogP contribution in [0, 0.1) is 11.3 Å². The summed E-state index contributed by atoms with van der Waals surface area (Å²) in [7, 11) is 0. The third-order valence-electron chi connectivity index (χ3n) is 3.52. The molecule has 0 atom stereocenters. The van der Waals surface area contributed by atoms with Gasteiger partial charge in [0.1, 0.15) is 6.07 Å². The average Bonchev–Trinajstić information content (AvgIpc) is 2.84. The molecule has 0 unspecified atom stereocenters. The lowest BCUT2D eigenvalue weighted by Crippen LogP contribution is -2.33. The van der Waals surface area contributed by atoms with E-state index in [9.17, 15) is 5.26 Å². The fourth-order valence-corrected chi connectivity index (χ4v) is 3.15. The van der Waals surface area contributed by atoms with Gasteiger partial charge in [0.2, 0.25) is 0 Å². The molecule has 90 valence electrons. The van der Waals surface area contributed by atoms with Crippen LogP contribution < -0.4 is 4.90 Å². The zero-order valence-corrected chi connectivity index (χ0v) is 11.7. The van der Waals surface area contributed by atoms with Crippen molar-refractivity contribution in [3.05, 3.63) is 28.2 Å². The van der Waals surface area contributed by atoms with Gasteiger partial charge in [-0.15, -0.1) is 0 Å². The smallest absolute Gasteiger partial charge is 0.103 e. The molecule has 0 saturated heterocycles. The van der Waals surface area contributed by atoms with E-state index in [4.69, 9.17) is 0 Å². The van der Waals surface area contributed by atoms with Crippen molar-refractivity contribution < 1.29 is 0 Å². The van der Waals surface area contributed by atoms with E-state index < -0.39 is 0 Å². The molecule has 1 aliphatic carbocycles. The summed E-state index contributed by atoms with van der Waals surface area (Å²) in [5.41, 5.74) is 1.84. The lowest BCUT2D eigenvalue weighted by Gasteiger charge is -2.30. The molecule has 1 aromatic rings.